The first-order valence-electron chi connectivity index (χ1n) is 8.34. The molecule has 6 nitrogen and oxygen atoms in total. The van der Waals surface area contributed by atoms with Crippen LogP contribution < -0.4 is 10.6 Å². The number of rotatable bonds is 5. The lowest BCUT2D eigenvalue weighted by atomic mass is 10.0. The molecule has 0 aliphatic carbocycles. The molecule has 0 saturated carbocycles. The summed E-state index contributed by atoms with van der Waals surface area (Å²) >= 11 is 0. The van der Waals surface area contributed by atoms with Crippen LogP contribution in [0.25, 0.3) is 0 Å². The summed E-state index contributed by atoms with van der Waals surface area (Å²) in [6.07, 6.45) is 0.934. The molecule has 1 aromatic carbocycles. The van der Waals surface area contributed by atoms with Crippen molar-refractivity contribution in [2.75, 3.05) is 25.0 Å². The van der Waals surface area contributed by atoms with E-state index >= 15 is 0 Å². The number of likely N-dealkylation sites (tertiary alicyclic amines) is 1. The van der Waals surface area contributed by atoms with Gasteiger partial charge in [0.05, 0.1) is 18.3 Å². The number of anilines is 1. The molecule has 0 bridgehead atoms. The Labute approximate surface area is 145 Å². The summed E-state index contributed by atoms with van der Waals surface area (Å²) in [4.78, 5) is 25.6. The quantitative estimate of drug-likeness (QED) is 0.851. The number of ether oxygens (including phenoxy) is 1. The van der Waals surface area contributed by atoms with Gasteiger partial charge in [0.2, 0.25) is 5.91 Å². The molecule has 0 aromatic heterocycles. The van der Waals surface area contributed by atoms with Crippen LogP contribution in [0.15, 0.2) is 18.2 Å². The molecule has 138 valence electrons. The number of nitrogens with one attached hydrogen (secondary N) is 2. The lowest BCUT2D eigenvalue weighted by molar-refractivity contribution is -0.121. The highest BCUT2D eigenvalue weighted by molar-refractivity contribution is 5.94. The van der Waals surface area contributed by atoms with E-state index in [1.165, 1.54) is 0 Å². The molecule has 1 aliphatic heterocycles. The molecule has 8 heteroatoms. The van der Waals surface area contributed by atoms with Gasteiger partial charge in [-0.3, -0.25) is 9.69 Å². The number of hydrogen-bond acceptors (Lipinski definition) is 4. The molecule has 2 N–H and O–H groups in total. The van der Waals surface area contributed by atoms with Gasteiger partial charge < -0.3 is 15.4 Å². The van der Waals surface area contributed by atoms with Crippen LogP contribution >= 0.6 is 0 Å². The first-order chi connectivity index (χ1) is 11.9. The van der Waals surface area contributed by atoms with Crippen molar-refractivity contribution in [1.82, 2.24) is 10.2 Å². The number of carbonyl (C=O) groups excluding carboxylic acids is 2. The van der Waals surface area contributed by atoms with E-state index in [0.717, 1.165) is 18.2 Å². The lowest BCUT2D eigenvalue weighted by Gasteiger charge is -2.35. The van der Waals surface area contributed by atoms with Crippen molar-refractivity contribution >= 4 is 17.7 Å². The minimum atomic E-state index is -0.681. The van der Waals surface area contributed by atoms with Gasteiger partial charge in [0, 0.05) is 25.2 Å². The van der Waals surface area contributed by atoms with Gasteiger partial charge in [-0.1, -0.05) is 0 Å². The van der Waals surface area contributed by atoms with E-state index in [0.29, 0.717) is 32.5 Å². The number of alkyl carbamates (subject to hydrolysis) is 1. The Hall–Kier alpha value is -2.22. The zero-order valence-corrected chi connectivity index (χ0v) is 14.4. The zero-order chi connectivity index (χ0) is 18.4. The van der Waals surface area contributed by atoms with Crippen LogP contribution in [0.1, 0.15) is 26.7 Å². The van der Waals surface area contributed by atoms with E-state index in [2.05, 4.69) is 10.6 Å². The van der Waals surface area contributed by atoms with Crippen molar-refractivity contribution in [2.24, 2.45) is 0 Å². The fourth-order valence-electron chi connectivity index (χ4n) is 2.77. The summed E-state index contributed by atoms with van der Waals surface area (Å²) in [7, 11) is 0. The molecule has 2 amide bonds. The highest BCUT2D eigenvalue weighted by Crippen LogP contribution is 2.18. The van der Waals surface area contributed by atoms with Crippen LogP contribution in [0.2, 0.25) is 0 Å². The largest absolute Gasteiger partial charge is 0.450 e. The van der Waals surface area contributed by atoms with Gasteiger partial charge in [0.1, 0.15) is 11.6 Å². The van der Waals surface area contributed by atoms with Crippen LogP contribution in [0.5, 0.6) is 0 Å². The predicted octanol–water partition coefficient (Wildman–Crippen LogP) is 2.50. The third-order valence-electron chi connectivity index (χ3n) is 4.24. The Morgan fingerprint density at radius 3 is 2.64 bits per heavy atom. The molecule has 2 rings (SSSR count). The molecule has 0 unspecified atom stereocenters. The maximum absolute atomic E-state index is 13.6. The second kappa shape index (κ2) is 8.75. The number of hydrogen-bond donors (Lipinski definition) is 2. The fraction of sp³-hybridized carbons (Fsp3) is 0.529. The smallest absolute Gasteiger partial charge is 0.407 e. The summed E-state index contributed by atoms with van der Waals surface area (Å²) in [6.45, 7) is 4.99. The van der Waals surface area contributed by atoms with Crippen molar-refractivity contribution in [3.8, 4) is 0 Å². The molecule has 0 radical (unpaired) electrons. The maximum Gasteiger partial charge on any atom is 0.407 e. The van der Waals surface area contributed by atoms with E-state index in [4.69, 9.17) is 4.74 Å². The summed E-state index contributed by atoms with van der Waals surface area (Å²) in [6, 6.07) is 2.44. The van der Waals surface area contributed by atoms with Crippen molar-refractivity contribution in [1.29, 1.82) is 0 Å². The van der Waals surface area contributed by atoms with E-state index in [-0.39, 0.29) is 11.7 Å². The molecule has 1 fully saturated rings. The Balaban J connectivity index is 1.85. The monoisotopic (exact) mass is 355 g/mol. The third-order valence-corrected chi connectivity index (χ3v) is 4.24. The van der Waals surface area contributed by atoms with Gasteiger partial charge >= 0.3 is 6.09 Å². The number of halogens is 2. The minimum absolute atomic E-state index is 0.00576. The molecule has 1 saturated heterocycles. The van der Waals surface area contributed by atoms with Gasteiger partial charge in [0.15, 0.2) is 0 Å². The van der Waals surface area contributed by atoms with E-state index < -0.39 is 29.7 Å². The SMILES string of the molecule is CCOC(=O)NC1CCN([C@H](C)C(=O)Nc2cc(F)ccc2F)CC1. The van der Waals surface area contributed by atoms with E-state index in [1.54, 1.807) is 13.8 Å². The number of piperidine rings is 1. The van der Waals surface area contributed by atoms with Crippen LogP contribution in [0.3, 0.4) is 0 Å². The lowest BCUT2D eigenvalue weighted by Crippen LogP contribution is -2.50. The molecule has 1 aromatic rings. The Morgan fingerprint density at radius 1 is 1.32 bits per heavy atom. The highest BCUT2D eigenvalue weighted by atomic mass is 19.1. The number of nitrogens with zero attached hydrogens (tertiary/aromatic N) is 1. The highest BCUT2D eigenvalue weighted by Gasteiger charge is 2.27. The summed E-state index contributed by atoms with van der Waals surface area (Å²) in [5.41, 5.74) is -0.171. The van der Waals surface area contributed by atoms with Crippen molar-refractivity contribution in [3.63, 3.8) is 0 Å². The fourth-order valence-corrected chi connectivity index (χ4v) is 2.77. The number of amides is 2. The summed E-state index contributed by atoms with van der Waals surface area (Å²) < 4.78 is 31.7. The maximum atomic E-state index is 13.6. The topological polar surface area (TPSA) is 70.7 Å². The number of benzene rings is 1. The van der Waals surface area contributed by atoms with Crippen LogP contribution in [-0.4, -0.2) is 48.7 Å². The third kappa shape index (κ3) is 5.38. The molecule has 1 atom stereocenters. The molecule has 25 heavy (non-hydrogen) atoms. The van der Waals surface area contributed by atoms with Gasteiger partial charge in [-0.15, -0.1) is 0 Å². The van der Waals surface area contributed by atoms with Gasteiger partial charge in [-0.25, -0.2) is 13.6 Å². The average molecular weight is 355 g/mol. The van der Waals surface area contributed by atoms with Crippen LogP contribution in [-0.2, 0) is 9.53 Å². The van der Waals surface area contributed by atoms with Crippen LogP contribution in [0.4, 0.5) is 19.3 Å². The van der Waals surface area contributed by atoms with Crippen molar-refractivity contribution in [3.05, 3.63) is 29.8 Å². The standard InChI is InChI=1S/C17H23F2N3O3/c1-3-25-17(24)20-13-6-8-22(9-7-13)11(2)16(23)21-15-10-12(18)4-5-14(15)19/h4-5,10-11,13H,3,6-9H2,1-2H3,(H,20,24)(H,21,23)/t11-/m1/s1. The average Bonchev–Trinajstić information content (AvgIpc) is 2.58. The van der Waals surface area contributed by atoms with Crippen molar-refractivity contribution in [2.45, 2.75) is 38.8 Å². The summed E-state index contributed by atoms with van der Waals surface area (Å²) in [5.74, 6) is -1.70. The van der Waals surface area contributed by atoms with Crippen molar-refractivity contribution < 1.29 is 23.1 Å². The zero-order valence-electron chi connectivity index (χ0n) is 14.4. The first-order valence-corrected chi connectivity index (χ1v) is 8.34. The minimum Gasteiger partial charge on any atom is -0.450 e. The first kappa shape index (κ1) is 19.1. The second-order valence-corrected chi connectivity index (χ2v) is 5.96. The van der Waals surface area contributed by atoms with Gasteiger partial charge in [-0.05, 0) is 38.8 Å². The molecular weight excluding hydrogens is 332 g/mol. The predicted molar refractivity (Wildman–Crippen MR) is 89.2 cm³/mol. The Morgan fingerprint density at radius 2 is 2.00 bits per heavy atom. The van der Waals surface area contributed by atoms with E-state index in [9.17, 15) is 18.4 Å². The molecule has 1 aliphatic rings. The Bertz CT molecular complexity index is 619. The molecule has 0 spiro atoms. The molecular formula is C17H23F2N3O3. The van der Waals surface area contributed by atoms with E-state index in [1.807, 2.05) is 4.90 Å². The Kier molecular flexibility index (Phi) is 6.69. The van der Waals surface area contributed by atoms with Gasteiger partial charge in [-0.2, -0.15) is 0 Å². The normalized spacial score (nSPS) is 17.0. The van der Waals surface area contributed by atoms with Crippen LogP contribution in [0, 0.1) is 11.6 Å². The molecule has 1 heterocycles. The van der Waals surface area contributed by atoms with Gasteiger partial charge in [0.25, 0.3) is 0 Å². The number of carbonyl (C=O) groups is 2. The second-order valence-electron chi connectivity index (χ2n) is 5.96. The summed E-state index contributed by atoms with van der Waals surface area (Å²) in [5, 5.41) is 5.21.